The van der Waals surface area contributed by atoms with Gasteiger partial charge >= 0.3 is 0 Å². The summed E-state index contributed by atoms with van der Waals surface area (Å²) in [7, 11) is 3.27. The molecule has 0 saturated carbocycles. The second-order valence-corrected chi connectivity index (χ2v) is 4.28. The molecule has 1 amide bonds. The van der Waals surface area contributed by atoms with E-state index in [1.807, 2.05) is 0 Å². The Morgan fingerprint density at radius 3 is 2.80 bits per heavy atom. The molecule has 1 saturated heterocycles. The fraction of sp³-hybridized carbons (Fsp3) is 0.833. The minimum absolute atomic E-state index is 0. The van der Waals surface area contributed by atoms with E-state index in [0.717, 1.165) is 19.4 Å². The van der Waals surface area contributed by atoms with Gasteiger partial charge in [0.15, 0.2) is 5.96 Å². The smallest absolute Gasteiger partial charge is 0.239 e. The number of carbonyl (C=O) groups excluding carboxylic acids is 1. The van der Waals surface area contributed by atoms with E-state index in [0.29, 0.717) is 25.7 Å². The van der Waals surface area contributed by atoms with Gasteiger partial charge in [-0.05, 0) is 12.8 Å². The maximum atomic E-state index is 11.5. The zero-order chi connectivity index (χ0) is 13.9. The molecule has 1 atom stereocenters. The van der Waals surface area contributed by atoms with Gasteiger partial charge in [-0.25, -0.2) is 0 Å². The number of guanidine groups is 1. The lowest BCUT2D eigenvalue weighted by molar-refractivity contribution is -0.120. The van der Waals surface area contributed by atoms with Crippen molar-refractivity contribution >= 4 is 35.8 Å². The molecule has 1 fully saturated rings. The summed E-state index contributed by atoms with van der Waals surface area (Å²) >= 11 is 0. The first-order valence-electron chi connectivity index (χ1n) is 6.58. The maximum absolute atomic E-state index is 11.5. The molecule has 20 heavy (non-hydrogen) atoms. The van der Waals surface area contributed by atoms with Crippen LogP contribution in [0.5, 0.6) is 0 Å². The van der Waals surface area contributed by atoms with Crippen molar-refractivity contribution in [2.45, 2.75) is 18.9 Å². The lowest BCUT2D eigenvalue weighted by Gasteiger charge is -2.14. The zero-order valence-electron chi connectivity index (χ0n) is 12.1. The highest BCUT2D eigenvalue weighted by molar-refractivity contribution is 14.0. The molecule has 1 aliphatic heterocycles. The summed E-state index contributed by atoms with van der Waals surface area (Å²) in [5.41, 5.74) is 0. The van der Waals surface area contributed by atoms with Gasteiger partial charge < -0.3 is 25.4 Å². The molecule has 0 aliphatic carbocycles. The monoisotopic (exact) mass is 400 g/mol. The van der Waals surface area contributed by atoms with Crippen LogP contribution in [0.15, 0.2) is 4.99 Å². The third kappa shape index (κ3) is 8.54. The molecule has 0 aromatic heterocycles. The van der Waals surface area contributed by atoms with Gasteiger partial charge in [-0.3, -0.25) is 9.79 Å². The van der Waals surface area contributed by atoms with Gasteiger partial charge in [-0.2, -0.15) is 0 Å². The second kappa shape index (κ2) is 12.2. The highest BCUT2D eigenvalue weighted by atomic mass is 127. The summed E-state index contributed by atoms with van der Waals surface area (Å²) in [6.45, 7) is 2.76. The molecule has 1 heterocycles. The van der Waals surface area contributed by atoms with Crippen LogP contribution in [0.25, 0.3) is 0 Å². The molecular weight excluding hydrogens is 375 g/mol. The Labute approximate surface area is 137 Å². The highest BCUT2D eigenvalue weighted by Gasteiger charge is 2.15. The van der Waals surface area contributed by atoms with Crippen LogP contribution in [-0.4, -0.2) is 65.0 Å². The molecule has 0 bridgehead atoms. The molecular formula is C12H25IN4O3. The first-order chi connectivity index (χ1) is 9.26. The van der Waals surface area contributed by atoms with Crippen LogP contribution in [0.4, 0.5) is 0 Å². The first-order valence-corrected chi connectivity index (χ1v) is 6.58. The molecule has 1 aliphatic rings. The van der Waals surface area contributed by atoms with Crippen molar-refractivity contribution < 1.29 is 14.3 Å². The zero-order valence-corrected chi connectivity index (χ0v) is 14.4. The number of hydrogen-bond donors (Lipinski definition) is 3. The van der Waals surface area contributed by atoms with Crippen LogP contribution >= 0.6 is 24.0 Å². The van der Waals surface area contributed by atoms with Gasteiger partial charge in [0.25, 0.3) is 0 Å². The van der Waals surface area contributed by atoms with Crippen molar-refractivity contribution in [3.63, 3.8) is 0 Å². The van der Waals surface area contributed by atoms with E-state index in [4.69, 9.17) is 9.47 Å². The number of hydrogen-bond acceptors (Lipinski definition) is 4. The summed E-state index contributed by atoms with van der Waals surface area (Å²) < 4.78 is 10.3. The van der Waals surface area contributed by atoms with Gasteiger partial charge in [0.2, 0.25) is 5.91 Å². The van der Waals surface area contributed by atoms with E-state index in [1.54, 1.807) is 14.2 Å². The Morgan fingerprint density at radius 1 is 1.40 bits per heavy atom. The lowest BCUT2D eigenvalue weighted by atomic mass is 10.2. The van der Waals surface area contributed by atoms with Crippen molar-refractivity contribution in [3.05, 3.63) is 0 Å². The predicted molar refractivity (Wildman–Crippen MR) is 88.6 cm³/mol. The third-order valence-electron chi connectivity index (χ3n) is 2.79. The minimum atomic E-state index is -0.0860. The van der Waals surface area contributed by atoms with Crippen molar-refractivity contribution in [1.82, 2.24) is 16.0 Å². The Hall–Kier alpha value is -0.610. The van der Waals surface area contributed by atoms with Crippen LogP contribution in [0.1, 0.15) is 12.8 Å². The quantitative estimate of drug-likeness (QED) is 0.237. The van der Waals surface area contributed by atoms with Crippen molar-refractivity contribution in [2.75, 3.05) is 47.0 Å². The molecule has 0 aromatic carbocycles. The Balaban J connectivity index is 0.00000361. The largest absolute Gasteiger partial charge is 0.383 e. The fourth-order valence-electron chi connectivity index (χ4n) is 1.76. The highest BCUT2D eigenvalue weighted by Crippen LogP contribution is 2.10. The third-order valence-corrected chi connectivity index (χ3v) is 2.79. The second-order valence-electron chi connectivity index (χ2n) is 4.28. The number of rotatable bonds is 7. The van der Waals surface area contributed by atoms with Crippen molar-refractivity contribution in [3.8, 4) is 0 Å². The first kappa shape index (κ1) is 19.4. The van der Waals surface area contributed by atoms with Gasteiger partial charge in [0.05, 0.1) is 19.3 Å². The lowest BCUT2D eigenvalue weighted by Crippen LogP contribution is -2.45. The normalized spacial score (nSPS) is 18.3. The van der Waals surface area contributed by atoms with E-state index in [2.05, 4.69) is 20.9 Å². The van der Waals surface area contributed by atoms with E-state index in [-0.39, 0.29) is 42.5 Å². The average Bonchev–Trinajstić information content (AvgIpc) is 2.92. The molecule has 0 spiro atoms. The number of ether oxygens (including phenoxy) is 2. The number of aliphatic imine (C=N–C) groups is 1. The summed E-state index contributed by atoms with van der Waals surface area (Å²) in [6.07, 6.45) is 2.43. The molecule has 118 valence electrons. The number of nitrogens with zero attached hydrogens (tertiary/aromatic N) is 1. The minimum Gasteiger partial charge on any atom is -0.383 e. The number of carbonyl (C=O) groups is 1. The predicted octanol–water partition coefficient (Wildman–Crippen LogP) is -0.289. The van der Waals surface area contributed by atoms with Crippen LogP contribution in [0.2, 0.25) is 0 Å². The van der Waals surface area contributed by atoms with E-state index in [9.17, 15) is 4.79 Å². The van der Waals surface area contributed by atoms with Gasteiger partial charge in [0, 0.05) is 33.9 Å². The van der Waals surface area contributed by atoms with Gasteiger partial charge in [-0.1, -0.05) is 0 Å². The van der Waals surface area contributed by atoms with Crippen LogP contribution in [-0.2, 0) is 14.3 Å². The molecule has 8 heteroatoms. The summed E-state index contributed by atoms with van der Waals surface area (Å²) in [5.74, 6) is 0.523. The standard InChI is InChI=1S/C12H24N4O3.HI/c1-13-12(15-8-10-4-3-6-19-10)16-9-11(17)14-5-7-18-2;/h10H,3-9H2,1-2H3,(H,14,17)(H2,13,15,16);1H. The number of amides is 1. The Morgan fingerprint density at radius 2 is 2.20 bits per heavy atom. The summed E-state index contributed by atoms with van der Waals surface area (Å²) in [4.78, 5) is 15.5. The number of methoxy groups -OCH3 is 1. The fourth-order valence-corrected chi connectivity index (χ4v) is 1.76. The number of nitrogens with one attached hydrogen (secondary N) is 3. The summed E-state index contributed by atoms with van der Waals surface area (Å²) in [5, 5.41) is 8.82. The Bertz CT molecular complexity index is 296. The summed E-state index contributed by atoms with van der Waals surface area (Å²) in [6, 6.07) is 0. The SMILES string of the molecule is CN=C(NCC(=O)NCCOC)NCC1CCCO1.I. The van der Waals surface area contributed by atoms with Crippen LogP contribution in [0, 0.1) is 0 Å². The number of halogens is 1. The van der Waals surface area contributed by atoms with E-state index < -0.39 is 0 Å². The molecule has 7 nitrogen and oxygen atoms in total. The molecule has 0 radical (unpaired) electrons. The van der Waals surface area contributed by atoms with Crippen LogP contribution < -0.4 is 16.0 Å². The van der Waals surface area contributed by atoms with E-state index >= 15 is 0 Å². The molecule has 3 N–H and O–H groups in total. The van der Waals surface area contributed by atoms with Crippen LogP contribution in [0.3, 0.4) is 0 Å². The molecule has 0 aromatic rings. The van der Waals surface area contributed by atoms with Crippen molar-refractivity contribution in [2.24, 2.45) is 4.99 Å². The average molecular weight is 400 g/mol. The molecule has 1 unspecified atom stereocenters. The topological polar surface area (TPSA) is 84.0 Å². The Kier molecular flexibility index (Phi) is 11.8. The molecule has 1 rings (SSSR count). The van der Waals surface area contributed by atoms with Gasteiger partial charge in [0.1, 0.15) is 0 Å². The maximum Gasteiger partial charge on any atom is 0.239 e. The van der Waals surface area contributed by atoms with E-state index in [1.165, 1.54) is 0 Å². The van der Waals surface area contributed by atoms with Crippen molar-refractivity contribution in [1.29, 1.82) is 0 Å². The van der Waals surface area contributed by atoms with Gasteiger partial charge in [-0.15, -0.1) is 24.0 Å².